The molecule has 0 aromatic heterocycles. The second kappa shape index (κ2) is 6.25. The number of hydrogen-bond acceptors (Lipinski definition) is 6. The van der Waals surface area contributed by atoms with Crippen LogP contribution in [0, 0.1) is 0 Å². The number of rotatable bonds is 4. The van der Waals surface area contributed by atoms with Gasteiger partial charge in [0.2, 0.25) is 0 Å². The van der Waals surface area contributed by atoms with Crippen molar-refractivity contribution in [2.75, 3.05) is 5.32 Å². The van der Waals surface area contributed by atoms with Gasteiger partial charge in [-0.25, -0.2) is 0 Å². The third kappa shape index (κ3) is 3.63. The number of hydrogen-bond donors (Lipinski definition) is 4. The Balaban J connectivity index is 2.13. The molecular formula is C16H13NO7S2. The molecule has 0 unspecified atom stereocenters. The summed E-state index contributed by atoms with van der Waals surface area (Å²) in [6, 6.07) is 12.2. The first-order valence-electron chi connectivity index (χ1n) is 7.13. The fourth-order valence-corrected chi connectivity index (χ4v) is 3.58. The monoisotopic (exact) mass is 395 g/mol. The van der Waals surface area contributed by atoms with Crippen LogP contribution in [-0.2, 0) is 20.2 Å². The Hall–Kier alpha value is -2.66. The quantitative estimate of drug-likeness (QED) is 0.494. The number of nitrogens with one attached hydrogen (secondary N) is 1. The predicted octanol–water partition coefficient (Wildman–Crippen LogP) is 2.78. The smallest absolute Gasteiger partial charge is 0.294 e. The van der Waals surface area contributed by atoms with E-state index in [0.29, 0.717) is 16.8 Å². The topological polar surface area (TPSA) is 141 Å². The number of aromatic hydroxyl groups is 1. The van der Waals surface area contributed by atoms with Gasteiger partial charge in [-0.3, -0.25) is 9.11 Å². The fourth-order valence-electron chi connectivity index (χ4n) is 2.52. The Labute approximate surface area is 149 Å². The van der Waals surface area contributed by atoms with Crippen LogP contribution in [0.25, 0.3) is 10.8 Å². The van der Waals surface area contributed by atoms with E-state index in [0.717, 1.165) is 6.07 Å². The molecule has 0 heterocycles. The molecule has 0 aliphatic heterocycles. The van der Waals surface area contributed by atoms with Crippen molar-refractivity contribution < 1.29 is 31.0 Å². The summed E-state index contributed by atoms with van der Waals surface area (Å²) in [5.41, 5.74) is 0.695. The van der Waals surface area contributed by atoms with Crippen LogP contribution < -0.4 is 5.32 Å². The second-order valence-electron chi connectivity index (χ2n) is 5.45. The molecule has 0 spiro atoms. The van der Waals surface area contributed by atoms with E-state index in [2.05, 4.69) is 5.32 Å². The number of phenolic OH excluding ortho intramolecular Hbond substituents is 1. The van der Waals surface area contributed by atoms with Gasteiger partial charge in [-0.05, 0) is 35.7 Å². The zero-order valence-corrected chi connectivity index (χ0v) is 14.6. The molecule has 0 atom stereocenters. The first-order chi connectivity index (χ1) is 12.1. The summed E-state index contributed by atoms with van der Waals surface area (Å²) < 4.78 is 63.3. The van der Waals surface area contributed by atoms with Crippen LogP contribution in [0.3, 0.4) is 0 Å². The molecule has 4 N–H and O–H groups in total. The molecule has 0 radical (unpaired) electrons. The lowest BCUT2D eigenvalue weighted by molar-refractivity contribution is 0.471. The van der Waals surface area contributed by atoms with Gasteiger partial charge in [-0.15, -0.1) is 0 Å². The molecule has 8 nitrogen and oxygen atoms in total. The zero-order chi connectivity index (χ0) is 19.1. The largest absolute Gasteiger partial charge is 0.507 e. The molecule has 136 valence electrons. The minimum absolute atomic E-state index is 0.275. The van der Waals surface area contributed by atoms with Gasteiger partial charge in [0.1, 0.15) is 5.75 Å². The molecule has 3 rings (SSSR count). The maximum absolute atomic E-state index is 11.3. The average Bonchev–Trinajstić information content (AvgIpc) is 2.53. The molecular weight excluding hydrogens is 382 g/mol. The molecule has 10 heteroatoms. The Morgan fingerprint density at radius 3 is 2.08 bits per heavy atom. The van der Waals surface area contributed by atoms with E-state index in [1.54, 1.807) is 24.3 Å². The summed E-state index contributed by atoms with van der Waals surface area (Å²) in [5.74, 6) is -0.385. The highest BCUT2D eigenvalue weighted by Gasteiger charge is 2.16. The number of anilines is 2. The first kappa shape index (κ1) is 18.1. The highest BCUT2D eigenvalue weighted by Crippen LogP contribution is 2.35. The van der Waals surface area contributed by atoms with E-state index < -0.39 is 25.1 Å². The Bertz CT molecular complexity index is 1220. The minimum Gasteiger partial charge on any atom is -0.507 e. The molecule has 3 aromatic carbocycles. The second-order valence-corrected chi connectivity index (χ2v) is 8.29. The predicted molar refractivity (Wildman–Crippen MR) is 95.0 cm³/mol. The van der Waals surface area contributed by atoms with Gasteiger partial charge >= 0.3 is 0 Å². The molecule has 0 saturated heterocycles. The summed E-state index contributed by atoms with van der Waals surface area (Å²) in [6.07, 6.45) is 0. The maximum atomic E-state index is 11.3. The minimum atomic E-state index is -4.49. The fraction of sp³-hybridized carbons (Fsp3) is 0. The summed E-state index contributed by atoms with van der Waals surface area (Å²) in [7, 11) is -8.86. The van der Waals surface area contributed by atoms with Crippen molar-refractivity contribution in [3.8, 4) is 5.75 Å². The molecule has 0 aliphatic carbocycles. The van der Waals surface area contributed by atoms with Gasteiger partial charge in [0.15, 0.2) is 0 Å². The summed E-state index contributed by atoms with van der Waals surface area (Å²) in [6.45, 7) is 0. The molecule has 0 amide bonds. The number of phenols is 1. The van der Waals surface area contributed by atoms with Crippen molar-refractivity contribution in [2.45, 2.75) is 9.79 Å². The van der Waals surface area contributed by atoms with Crippen molar-refractivity contribution in [2.24, 2.45) is 0 Å². The molecule has 0 fully saturated rings. The van der Waals surface area contributed by atoms with E-state index in [1.807, 2.05) is 0 Å². The van der Waals surface area contributed by atoms with Crippen molar-refractivity contribution >= 4 is 42.4 Å². The number of fused-ring (bicyclic) bond motifs is 1. The van der Waals surface area contributed by atoms with E-state index in [-0.39, 0.29) is 16.0 Å². The molecule has 0 saturated carbocycles. The van der Waals surface area contributed by atoms with Crippen LogP contribution in [0.5, 0.6) is 5.75 Å². The van der Waals surface area contributed by atoms with Gasteiger partial charge < -0.3 is 10.4 Å². The highest BCUT2D eigenvalue weighted by atomic mass is 32.2. The third-order valence-corrected chi connectivity index (χ3v) is 5.32. The molecule has 3 aromatic rings. The van der Waals surface area contributed by atoms with Crippen molar-refractivity contribution in [1.82, 2.24) is 0 Å². The lowest BCUT2D eigenvalue weighted by Crippen LogP contribution is -2.00. The van der Waals surface area contributed by atoms with Crippen LogP contribution in [0.15, 0.2) is 64.4 Å². The van der Waals surface area contributed by atoms with Gasteiger partial charge in [-0.1, -0.05) is 18.2 Å². The normalized spacial score (nSPS) is 12.2. The maximum Gasteiger partial charge on any atom is 0.294 e. The molecule has 0 bridgehead atoms. The Morgan fingerprint density at radius 1 is 0.769 bits per heavy atom. The van der Waals surface area contributed by atoms with E-state index in [1.165, 1.54) is 24.3 Å². The van der Waals surface area contributed by atoms with Crippen molar-refractivity contribution in [3.63, 3.8) is 0 Å². The SMILES string of the molecule is O=S(=O)(O)c1cccc(Nc2cccc3cc(S(=O)(=O)O)cc(O)c23)c1. The van der Waals surface area contributed by atoms with E-state index in [9.17, 15) is 21.9 Å². The lowest BCUT2D eigenvalue weighted by Gasteiger charge is -2.12. The average molecular weight is 395 g/mol. The zero-order valence-electron chi connectivity index (χ0n) is 13.0. The first-order valence-corrected chi connectivity index (χ1v) is 10.0. The number of benzene rings is 3. The summed E-state index contributed by atoms with van der Waals surface area (Å²) in [5, 5.41) is 13.7. The molecule has 0 aliphatic rings. The third-order valence-electron chi connectivity index (χ3n) is 3.64. The Morgan fingerprint density at radius 2 is 1.42 bits per heavy atom. The molecule has 26 heavy (non-hydrogen) atoms. The highest BCUT2D eigenvalue weighted by molar-refractivity contribution is 7.86. The van der Waals surface area contributed by atoms with Gasteiger partial charge in [0, 0.05) is 17.1 Å². The van der Waals surface area contributed by atoms with E-state index in [4.69, 9.17) is 9.11 Å². The van der Waals surface area contributed by atoms with Crippen molar-refractivity contribution in [1.29, 1.82) is 0 Å². The van der Waals surface area contributed by atoms with Crippen molar-refractivity contribution in [3.05, 3.63) is 54.6 Å². The summed E-state index contributed by atoms with van der Waals surface area (Å²) >= 11 is 0. The standard InChI is InChI=1S/C16H13NO7S2/c18-15-9-13(26(22,23)24)7-10-3-1-6-14(16(10)15)17-11-4-2-5-12(8-11)25(19,20)21/h1-9,17-18H,(H,19,20,21)(H,22,23,24). The van der Waals surface area contributed by atoms with Crippen LogP contribution in [0.4, 0.5) is 11.4 Å². The van der Waals surface area contributed by atoms with Crippen LogP contribution >= 0.6 is 0 Å². The van der Waals surface area contributed by atoms with Crippen LogP contribution in [0.2, 0.25) is 0 Å². The van der Waals surface area contributed by atoms with Crippen LogP contribution in [0.1, 0.15) is 0 Å². The van der Waals surface area contributed by atoms with Gasteiger partial charge in [0.05, 0.1) is 15.5 Å². The Kier molecular flexibility index (Phi) is 4.36. The van der Waals surface area contributed by atoms with E-state index >= 15 is 0 Å². The van der Waals surface area contributed by atoms with Crippen LogP contribution in [-0.4, -0.2) is 31.0 Å². The van der Waals surface area contributed by atoms with Gasteiger partial charge in [-0.2, -0.15) is 16.8 Å². The lowest BCUT2D eigenvalue weighted by atomic mass is 10.1. The van der Waals surface area contributed by atoms with Gasteiger partial charge in [0.25, 0.3) is 20.2 Å². The summed E-state index contributed by atoms with van der Waals surface area (Å²) in [4.78, 5) is -0.756.